The summed E-state index contributed by atoms with van der Waals surface area (Å²) >= 11 is 0. The van der Waals surface area contributed by atoms with Crippen molar-refractivity contribution in [3.8, 4) is 5.75 Å². The molecule has 3 N–H and O–H groups in total. The van der Waals surface area contributed by atoms with Gasteiger partial charge in [0, 0.05) is 12.3 Å². The molecule has 2 atom stereocenters. The van der Waals surface area contributed by atoms with Crippen molar-refractivity contribution >= 4 is 12.0 Å². The molecule has 0 fully saturated rings. The second-order valence-corrected chi connectivity index (χ2v) is 5.23. The number of hydrogen-bond donors (Lipinski definition) is 3. The summed E-state index contributed by atoms with van der Waals surface area (Å²) in [6, 6.07) is 3.75. The Morgan fingerprint density at radius 1 is 1.25 bits per heavy atom. The van der Waals surface area contributed by atoms with Crippen LogP contribution in [-0.4, -0.2) is 27.1 Å². The molecule has 0 spiro atoms. The topological polar surface area (TPSA) is 82.5 Å². The molecule has 1 amide bonds. The lowest BCUT2D eigenvalue weighted by Gasteiger charge is -2.20. The number of aliphatic hydroxyl groups excluding tert-OH is 1. The van der Waals surface area contributed by atoms with Crippen LogP contribution in [0.2, 0.25) is 0 Å². The zero-order valence-corrected chi connectivity index (χ0v) is 12.8. The number of rotatable bonds is 5. The first-order valence-electron chi connectivity index (χ1n) is 7.12. The fraction of sp³-hybridized carbons (Fsp3) is 0.176. The van der Waals surface area contributed by atoms with Crippen LogP contribution in [0.5, 0.6) is 5.75 Å². The average molecular weight is 334 g/mol. The number of carbonyl (C=O) groups is 1. The monoisotopic (exact) mass is 334 g/mol. The third-order valence-electron chi connectivity index (χ3n) is 3.30. The van der Waals surface area contributed by atoms with Gasteiger partial charge in [0.1, 0.15) is 5.75 Å². The highest BCUT2D eigenvalue weighted by molar-refractivity contribution is 5.91. The Kier molecular flexibility index (Phi) is 5.59. The van der Waals surface area contributed by atoms with Gasteiger partial charge < -0.3 is 15.5 Å². The zero-order chi connectivity index (χ0) is 17.7. The predicted molar refractivity (Wildman–Crippen MR) is 83.9 cm³/mol. The highest BCUT2D eigenvalue weighted by Gasteiger charge is 2.19. The van der Waals surface area contributed by atoms with Gasteiger partial charge in [0.25, 0.3) is 0 Å². The van der Waals surface area contributed by atoms with E-state index in [0.717, 1.165) is 12.1 Å². The van der Waals surface area contributed by atoms with E-state index >= 15 is 0 Å². The molecule has 1 aromatic carbocycles. The van der Waals surface area contributed by atoms with Gasteiger partial charge in [-0.25, -0.2) is 8.78 Å². The highest BCUT2D eigenvalue weighted by Crippen LogP contribution is 2.19. The minimum atomic E-state index is -1.19. The van der Waals surface area contributed by atoms with E-state index in [2.05, 4.69) is 10.3 Å². The quantitative estimate of drug-likeness (QED) is 0.733. The number of nitrogens with one attached hydrogen (secondary N) is 1. The zero-order valence-electron chi connectivity index (χ0n) is 12.8. The first-order valence-corrected chi connectivity index (χ1v) is 7.12. The molecule has 0 bridgehead atoms. The van der Waals surface area contributed by atoms with Crippen LogP contribution in [0, 0.1) is 11.6 Å². The minimum absolute atomic E-state index is 0.0281. The fourth-order valence-corrected chi connectivity index (χ4v) is 2.04. The average Bonchev–Trinajstić information content (AvgIpc) is 2.55. The maximum Gasteiger partial charge on any atom is 0.244 e. The number of halogens is 2. The first kappa shape index (κ1) is 17.6. The van der Waals surface area contributed by atoms with Crippen LogP contribution in [0.3, 0.4) is 0 Å². The summed E-state index contributed by atoms with van der Waals surface area (Å²) in [5, 5.41) is 21.9. The predicted octanol–water partition coefficient (Wildman–Crippen LogP) is 2.32. The molecule has 7 heteroatoms. The Labute approximate surface area is 137 Å². The van der Waals surface area contributed by atoms with Gasteiger partial charge in [-0.15, -0.1) is 0 Å². The van der Waals surface area contributed by atoms with Gasteiger partial charge in [-0.3, -0.25) is 9.78 Å². The standard InChI is InChI=1S/C17H16F2N2O3/c1-10(17(24)12-3-4-14(18)15(19)7-12)21-16(23)5-2-11-6-13(22)9-20-8-11/h2-10,17,22,24H,1H3,(H,21,23)/b5-2+. The lowest BCUT2D eigenvalue weighted by Crippen LogP contribution is -2.36. The van der Waals surface area contributed by atoms with E-state index in [4.69, 9.17) is 0 Å². The number of carbonyl (C=O) groups excluding carboxylic acids is 1. The molecular formula is C17H16F2N2O3. The fourth-order valence-electron chi connectivity index (χ4n) is 2.04. The lowest BCUT2D eigenvalue weighted by atomic mass is 10.0. The van der Waals surface area contributed by atoms with Crippen LogP contribution >= 0.6 is 0 Å². The second kappa shape index (κ2) is 7.65. The van der Waals surface area contributed by atoms with Crippen LogP contribution in [-0.2, 0) is 4.79 Å². The largest absolute Gasteiger partial charge is 0.506 e. The van der Waals surface area contributed by atoms with Crippen LogP contribution < -0.4 is 5.32 Å². The second-order valence-electron chi connectivity index (χ2n) is 5.23. The molecule has 5 nitrogen and oxygen atoms in total. The first-order chi connectivity index (χ1) is 11.4. The van der Waals surface area contributed by atoms with Crippen molar-refractivity contribution in [2.75, 3.05) is 0 Å². The van der Waals surface area contributed by atoms with E-state index in [1.165, 1.54) is 43.6 Å². The van der Waals surface area contributed by atoms with Crippen molar-refractivity contribution in [3.63, 3.8) is 0 Å². The summed E-state index contributed by atoms with van der Waals surface area (Å²) < 4.78 is 26.1. The maximum absolute atomic E-state index is 13.2. The number of aromatic nitrogens is 1. The Morgan fingerprint density at radius 3 is 2.67 bits per heavy atom. The van der Waals surface area contributed by atoms with Gasteiger partial charge in [0.05, 0.1) is 18.3 Å². The normalized spacial score (nSPS) is 13.7. The van der Waals surface area contributed by atoms with E-state index in [9.17, 15) is 23.8 Å². The summed E-state index contributed by atoms with van der Waals surface area (Å²) in [6.07, 6.45) is 4.18. The molecule has 2 aromatic rings. The van der Waals surface area contributed by atoms with Gasteiger partial charge in [-0.2, -0.15) is 0 Å². The summed E-state index contributed by atoms with van der Waals surface area (Å²) in [6.45, 7) is 1.54. The van der Waals surface area contributed by atoms with Crippen LogP contribution in [0.4, 0.5) is 8.78 Å². The molecule has 2 unspecified atom stereocenters. The van der Waals surface area contributed by atoms with Gasteiger partial charge >= 0.3 is 0 Å². The van der Waals surface area contributed by atoms with Gasteiger partial charge in [-0.1, -0.05) is 6.07 Å². The van der Waals surface area contributed by atoms with Crippen molar-refractivity contribution in [3.05, 3.63) is 65.5 Å². The summed E-state index contributed by atoms with van der Waals surface area (Å²) in [5.41, 5.74) is 0.682. The van der Waals surface area contributed by atoms with Crippen molar-refractivity contribution in [1.29, 1.82) is 0 Å². The van der Waals surface area contributed by atoms with Crippen LogP contribution in [0.25, 0.3) is 6.08 Å². The van der Waals surface area contributed by atoms with Crippen LogP contribution in [0.1, 0.15) is 24.2 Å². The van der Waals surface area contributed by atoms with Gasteiger partial charge in [-0.05, 0) is 42.3 Å². The molecule has 2 rings (SSSR count). The summed E-state index contributed by atoms with van der Waals surface area (Å²) in [4.78, 5) is 15.6. The van der Waals surface area contributed by atoms with E-state index in [1.54, 1.807) is 0 Å². The molecule has 126 valence electrons. The van der Waals surface area contributed by atoms with Crippen molar-refractivity contribution < 1.29 is 23.8 Å². The summed E-state index contributed by atoms with van der Waals surface area (Å²) in [5.74, 6) is -2.60. The van der Waals surface area contributed by atoms with E-state index < -0.39 is 29.7 Å². The minimum Gasteiger partial charge on any atom is -0.506 e. The van der Waals surface area contributed by atoms with Crippen molar-refractivity contribution in [2.24, 2.45) is 0 Å². The molecule has 0 aliphatic rings. The Morgan fingerprint density at radius 2 is 2.00 bits per heavy atom. The van der Waals surface area contributed by atoms with E-state index in [1.807, 2.05) is 0 Å². The Balaban J connectivity index is 1.98. The van der Waals surface area contributed by atoms with E-state index in [-0.39, 0.29) is 11.3 Å². The number of aromatic hydroxyl groups is 1. The molecule has 0 radical (unpaired) electrons. The number of nitrogens with zero attached hydrogens (tertiary/aromatic N) is 1. The van der Waals surface area contributed by atoms with Gasteiger partial charge in [0.2, 0.25) is 5.91 Å². The van der Waals surface area contributed by atoms with Crippen molar-refractivity contribution in [1.82, 2.24) is 10.3 Å². The third-order valence-corrected chi connectivity index (χ3v) is 3.30. The Hall–Kier alpha value is -2.80. The number of benzene rings is 1. The van der Waals surface area contributed by atoms with E-state index in [0.29, 0.717) is 5.56 Å². The molecule has 1 aromatic heterocycles. The van der Waals surface area contributed by atoms with Gasteiger partial charge in [0.15, 0.2) is 11.6 Å². The smallest absolute Gasteiger partial charge is 0.244 e. The Bertz CT molecular complexity index is 765. The molecule has 0 saturated carbocycles. The van der Waals surface area contributed by atoms with Crippen LogP contribution in [0.15, 0.2) is 42.7 Å². The number of amides is 1. The molecule has 0 aliphatic heterocycles. The molecule has 1 heterocycles. The summed E-state index contributed by atoms with van der Waals surface area (Å²) in [7, 11) is 0. The SMILES string of the molecule is CC(NC(=O)/C=C/c1cncc(O)c1)C(O)c1ccc(F)c(F)c1. The third kappa shape index (κ3) is 4.60. The number of pyridine rings is 1. The highest BCUT2D eigenvalue weighted by atomic mass is 19.2. The van der Waals surface area contributed by atoms with Crippen molar-refractivity contribution in [2.45, 2.75) is 19.1 Å². The lowest BCUT2D eigenvalue weighted by molar-refractivity contribution is -0.117. The molecule has 0 aliphatic carbocycles. The molecule has 0 saturated heterocycles. The maximum atomic E-state index is 13.2. The molecule has 24 heavy (non-hydrogen) atoms. The molecular weight excluding hydrogens is 318 g/mol. The number of aliphatic hydroxyl groups is 1. The number of hydrogen-bond acceptors (Lipinski definition) is 4.